The highest BCUT2D eigenvalue weighted by Crippen LogP contribution is 2.23. The van der Waals surface area contributed by atoms with E-state index in [-0.39, 0.29) is 5.91 Å². The van der Waals surface area contributed by atoms with E-state index >= 15 is 0 Å². The van der Waals surface area contributed by atoms with Crippen molar-refractivity contribution in [3.63, 3.8) is 0 Å². The molecule has 0 unspecified atom stereocenters. The van der Waals surface area contributed by atoms with Crippen LogP contribution in [-0.4, -0.2) is 10.9 Å². The van der Waals surface area contributed by atoms with E-state index in [4.69, 9.17) is 0 Å². The van der Waals surface area contributed by atoms with Crippen LogP contribution in [0.5, 0.6) is 0 Å². The second-order valence-corrected chi connectivity index (χ2v) is 6.81. The van der Waals surface area contributed by atoms with Crippen LogP contribution in [-0.2, 0) is 13.0 Å². The van der Waals surface area contributed by atoms with E-state index < -0.39 is 0 Å². The molecule has 0 bridgehead atoms. The van der Waals surface area contributed by atoms with Crippen LogP contribution in [0.15, 0.2) is 47.2 Å². The summed E-state index contributed by atoms with van der Waals surface area (Å²) in [6.45, 7) is 2.74. The number of rotatable bonds is 6. The summed E-state index contributed by atoms with van der Waals surface area (Å²) in [5, 5.41) is 11.4. The maximum atomic E-state index is 12.2. The van der Waals surface area contributed by atoms with Crippen molar-refractivity contribution in [1.82, 2.24) is 4.98 Å². The Labute approximate surface area is 143 Å². The zero-order valence-electron chi connectivity index (χ0n) is 12.7. The second kappa shape index (κ2) is 7.39. The van der Waals surface area contributed by atoms with Crippen LogP contribution in [0, 0.1) is 0 Å². The Hall–Kier alpha value is -2.18. The van der Waals surface area contributed by atoms with Gasteiger partial charge in [0.1, 0.15) is 0 Å². The quantitative estimate of drug-likeness (QED) is 0.686. The number of thiophene rings is 1. The minimum atomic E-state index is -0.0869. The summed E-state index contributed by atoms with van der Waals surface area (Å²) < 4.78 is 0. The molecule has 2 aromatic heterocycles. The number of amides is 1. The van der Waals surface area contributed by atoms with Gasteiger partial charge in [0, 0.05) is 5.38 Å². The van der Waals surface area contributed by atoms with Gasteiger partial charge in [0.2, 0.25) is 0 Å². The summed E-state index contributed by atoms with van der Waals surface area (Å²) in [5.41, 5.74) is 2.69. The van der Waals surface area contributed by atoms with Crippen molar-refractivity contribution in [2.75, 3.05) is 10.6 Å². The van der Waals surface area contributed by atoms with Crippen molar-refractivity contribution >= 4 is 40.0 Å². The number of aryl methyl sites for hydroxylation is 1. The van der Waals surface area contributed by atoms with Crippen LogP contribution in [0.25, 0.3) is 0 Å². The van der Waals surface area contributed by atoms with Crippen molar-refractivity contribution in [2.45, 2.75) is 19.9 Å². The highest BCUT2D eigenvalue weighted by molar-refractivity contribution is 7.12. The van der Waals surface area contributed by atoms with Crippen LogP contribution in [0.1, 0.15) is 27.3 Å². The third kappa shape index (κ3) is 3.97. The molecule has 1 aromatic carbocycles. The zero-order chi connectivity index (χ0) is 16.1. The van der Waals surface area contributed by atoms with Gasteiger partial charge >= 0.3 is 0 Å². The molecule has 2 heterocycles. The zero-order valence-corrected chi connectivity index (χ0v) is 14.3. The number of carbonyl (C=O) groups is 1. The summed E-state index contributed by atoms with van der Waals surface area (Å²) >= 11 is 3.11. The Kier molecular flexibility index (Phi) is 5.05. The molecule has 0 spiro atoms. The highest BCUT2D eigenvalue weighted by Gasteiger charge is 2.10. The maximum absolute atomic E-state index is 12.2. The molecule has 23 heavy (non-hydrogen) atoms. The largest absolute Gasteiger partial charge is 0.378 e. The molecule has 0 saturated heterocycles. The predicted molar refractivity (Wildman–Crippen MR) is 97.5 cm³/mol. The first kappa shape index (κ1) is 15.7. The Morgan fingerprint density at radius 3 is 2.65 bits per heavy atom. The average Bonchev–Trinajstić information content (AvgIpc) is 3.25. The standard InChI is InChI=1S/C17H17N3OS2/c1-2-16-19-12(11-23-16)10-18-13-6-3-4-7-14(13)20-17(21)15-8-5-9-22-15/h3-9,11,18H,2,10H2,1H3,(H,20,21). The van der Waals surface area contributed by atoms with Gasteiger partial charge in [0.25, 0.3) is 5.91 Å². The lowest BCUT2D eigenvalue weighted by Crippen LogP contribution is -2.12. The lowest BCUT2D eigenvalue weighted by molar-refractivity contribution is 0.103. The van der Waals surface area contributed by atoms with Gasteiger partial charge in [0.05, 0.1) is 33.5 Å². The number of anilines is 2. The normalized spacial score (nSPS) is 10.5. The van der Waals surface area contributed by atoms with E-state index in [1.54, 1.807) is 11.3 Å². The molecule has 6 heteroatoms. The fourth-order valence-corrected chi connectivity index (χ4v) is 3.48. The fourth-order valence-electron chi connectivity index (χ4n) is 2.12. The third-order valence-electron chi connectivity index (χ3n) is 3.28. The van der Waals surface area contributed by atoms with Gasteiger partial charge in [-0.05, 0) is 30.0 Å². The monoisotopic (exact) mass is 343 g/mol. The molecule has 0 aliphatic heterocycles. The molecular formula is C17H17N3OS2. The second-order valence-electron chi connectivity index (χ2n) is 4.92. The molecule has 0 fully saturated rings. The topological polar surface area (TPSA) is 54.0 Å². The molecule has 1 amide bonds. The van der Waals surface area contributed by atoms with E-state index in [9.17, 15) is 4.79 Å². The van der Waals surface area contributed by atoms with Crippen molar-refractivity contribution < 1.29 is 4.79 Å². The molecule has 2 N–H and O–H groups in total. The molecule has 3 rings (SSSR count). The van der Waals surface area contributed by atoms with Crippen LogP contribution in [0.2, 0.25) is 0 Å². The van der Waals surface area contributed by atoms with E-state index in [2.05, 4.69) is 27.9 Å². The SMILES string of the molecule is CCc1nc(CNc2ccccc2NC(=O)c2cccs2)cs1. The van der Waals surface area contributed by atoms with E-state index in [0.29, 0.717) is 11.4 Å². The number of hydrogen-bond donors (Lipinski definition) is 2. The summed E-state index contributed by atoms with van der Waals surface area (Å²) in [6.07, 6.45) is 0.956. The van der Waals surface area contributed by atoms with Crippen molar-refractivity contribution in [3.05, 3.63) is 62.7 Å². The van der Waals surface area contributed by atoms with Crippen molar-refractivity contribution in [3.8, 4) is 0 Å². The number of aromatic nitrogens is 1. The van der Waals surface area contributed by atoms with Crippen LogP contribution < -0.4 is 10.6 Å². The fraction of sp³-hybridized carbons (Fsp3) is 0.176. The molecule has 4 nitrogen and oxygen atoms in total. The highest BCUT2D eigenvalue weighted by atomic mass is 32.1. The summed E-state index contributed by atoms with van der Waals surface area (Å²) in [6, 6.07) is 11.4. The maximum Gasteiger partial charge on any atom is 0.265 e. The summed E-state index contributed by atoms with van der Waals surface area (Å²) in [4.78, 5) is 17.5. The lowest BCUT2D eigenvalue weighted by atomic mass is 10.2. The Bertz CT molecular complexity index is 781. The molecule has 0 aliphatic rings. The number of thiazole rings is 1. The van der Waals surface area contributed by atoms with E-state index in [1.165, 1.54) is 11.3 Å². The number of para-hydroxylation sites is 2. The van der Waals surface area contributed by atoms with Gasteiger partial charge in [-0.25, -0.2) is 4.98 Å². The van der Waals surface area contributed by atoms with Gasteiger partial charge in [-0.1, -0.05) is 25.1 Å². The van der Waals surface area contributed by atoms with Gasteiger partial charge in [-0.2, -0.15) is 0 Å². The number of benzene rings is 1. The third-order valence-corrected chi connectivity index (χ3v) is 5.19. The van der Waals surface area contributed by atoms with Crippen LogP contribution >= 0.6 is 22.7 Å². The van der Waals surface area contributed by atoms with Crippen molar-refractivity contribution in [2.24, 2.45) is 0 Å². The minimum absolute atomic E-state index is 0.0869. The van der Waals surface area contributed by atoms with Gasteiger partial charge in [-0.15, -0.1) is 22.7 Å². The van der Waals surface area contributed by atoms with Gasteiger partial charge < -0.3 is 10.6 Å². The molecular weight excluding hydrogens is 326 g/mol. The first-order valence-corrected chi connectivity index (χ1v) is 9.13. The number of nitrogens with zero attached hydrogens (tertiary/aromatic N) is 1. The number of nitrogens with one attached hydrogen (secondary N) is 2. The molecule has 3 aromatic rings. The molecule has 118 valence electrons. The molecule has 0 saturated carbocycles. The van der Waals surface area contributed by atoms with Crippen molar-refractivity contribution in [1.29, 1.82) is 0 Å². The van der Waals surface area contributed by atoms with E-state index in [0.717, 1.165) is 28.5 Å². The summed E-state index contributed by atoms with van der Waals surface area (Å²) in [7, 11) is 0. The average molecular weight is 343 g/mol. The molecule has 0 aliphatic carbocycles. The molecule has 0 atom stereocenters. The summed E-state index contributed by atoms with van der Waals surface area (Å²) in [5.74, 6) is -0.0869. The number of carbonyl (C=O) groups excluding carboxylic acids is 1. The number of hydrogen-bond acceptors (Lipinski definition) is 5. The van der Waals surface area contributed by atoms with Gasteiger partial charge in [0.15, 0.2) is 0 Å². The Balaban J connectivity index is 1.69. The van der Waals surface area contributed by atoms with Crippen LogP contribution in [0.3, 0.4) is 0 Å². The van der Waals surface area contributed by atoms with Gasteiger partial charge in [-0.3, -0.25) is 4.79 Å². The van der Waals surface area contributed by atoms with E-state index in [1.807, 2.05) is 41.8 Å². The first-order chi connectivity index (χ1) is 11.3. The lowest BCUT2D eigenvalue weighted by Gasteiger charge is -2.12. The predicted octanol–water partition coefficient (Wildman–Crippen LogP) is 4.63. The molecule has 0 radical (unpaired) electrons. The van der Waals surface area contributed by atoms with Crippen LogP contribution in [0.4, 0.5) is 11.4 Å². The minimum Gasteiger partial charge on any atom is -0.378 e. The smallest absolute Gasteiger partial charge is 0.265 e. The Morgan fingerprint density at radius 2 is 1.96 bits per heavy atom. The first-order valence-electron chi connectivity index (χ1n) is 7.37. The Morgan fingerprint density at radius 1 is 1.13 bits per heavy atom.